The van der Waals surface area contributed by atoms with Gasteiger partial charge in [-0.15, -0.1) is 5.10 Å². The summed E-state index contributed by atoms with van der Waals surface area (Å²) in [5.41, 5.74) is 1.69. The quantitative estimate of drug-likeness (QED) is 0.762. The molecule has 19 heavy (non-hydrogen) atoms. The molecule has 6 nitrogen and oxygen atoms in total. The number of rotatable bonds is 6. The fourth-order valence-electron chi connectivity index (χ4n) is 1.66. The first-order valence-corrected chi connectivity index (χ1v) is 6.04. The largest absolute Gasteiger partial charge is 0.494 e. The van der Waals surface area contributed by atoms with Crippen molar-refractivity contribution in [1.82, 2.24) is 20.7 Å². The third-order valence-electron chi connectivity index (χ3n) is 2.62. The fourth-order valence-corrected chi connectivity index (χ4v) is 1.66. The molecule has 0 atom stereocenters. The first kappa shape index (κ1) is 13.1. The van der Waals surface area contributed by atoms with Gasteiger partial charge >= 0.3 is 0 Å². The lowest BCUT2D eigenvalue weighted by Crippen LogP contribution is -2.11. The molecule has 0 bridgehead atoms. The van der Waals surface area contributed by atoms with Gasteiger partial charge in [0.15, 0.2) is 5.69 Å². The van der Waals surface area contributed by atoms with Crippen molar-refractivity contribution in [3.63, 3.8) is 0 Å². The number of nitrogens with zero attached hydrogens (tertiary/aromatic N) is 3. The molecule has 0 aliphatic carbocycles. The molecule has 0 radical (unpaired) electrons. The third-order valence-corrected chi connectivity index (χ3v) is 2.62. The minimum Gasteiger partial charge on any atom is -0.494 e. The Bertz CT molecular complexity index is 555. The number of H-pyrrole nitrogens is 1. The van der Waals surface area contributed by atoms with Gasteiger partial charge in [-0.25, -0.2) is 0 Å². The second kappa shape index (κ2) is 6.52. The summed E-state index contributed by atoms with van der Waals surface area (Å²) in [6.07, 6.45) is 0.958. The molecule has 0 unspecified atom stereocenters. The van der Waals surface area contributed by atoms with Crippen LogP contribution in [0.5, 0.6) is 5.75 Å². The van der Waals surface area contributed by atoms with Crippen LogP contribution < -0.4 is 10.1 Å². The molecule has 1 aromatic carbocycles. The Morgan fingerprint density at radius 2 is 2.11 bits per heavy atom. The topological polar surface area (TPSA) is 86.6 Å². The van der Waals surface area contributed by atoms with Crippen LogP contribution in [0.4, 0.5) is 0 Å². The van der Waals surface area contributed by atoms with Gasteiger partial charge in [-0.05, 0) is 44.3 Å². The SMILES string of the molecule is CNCCCOc1ccc(-c2n[nH]nc2C#N)cc1. The monoisotopic (exact) mass is 257 g/mol. The van der Waals surface area contributed by atoms with Gasteiger partial charge in [0, 0.05) is 5.56 Å². The summed E-state index contributed by atoms with van der Waals surface area (Å²) >= 11 is 0. The van der Waals surface area contributed by atoms with Crippen molar-refractivity contribution in [3.05, 3.63) is 30.0 Å². The fraction of sp³-hybridized carbons (Fsp3) is 0.308. The highest BCUT2D eigenvalue weighted by Crippen LogP contribution is 2.22. The van der Waals surface area contributed by atoms with Gasteiger partial charge < -0.3 is 10.1 Å². The zero-order chi connectivity index (χ0) is 13.5. The summed E-state index contributed by atoms with van der Waals surface area (Å²) in [6.45, 7) is 1.61. The smallest absolute Gasteiger partial charge is 0.190 e. The highest BCUT2D eigenvalue weighted by Gasteiger charge is 2.09. The van der Waals surface area contributed by atoms with Gasteiger partial charge in [0.25, 0.3) is 0 Å². The number of benzene rings is 1. The number of nitrogens with one attached hydrogen (secondary N) is 2. The third kappa shape index (κ3) is 3.30. The van der Waals surface area contributed by atoms with Crippen LogP contribution in [-0.2, 0) is 0 Å². The van der Waals surface area contributed by atoms with E-state index in [1.165, 1.54) is 0 Å². The molecule has 98 valence electrons. The van der Waals surface area contributed by atoms with Crippen molar-refractivity contribution in [2.75, 3.05) is 20.2 Å². The number of nitriles is 1. The van der Waals surface area contributed by atoms with Gasteiger partial charge in [-0.3, -0.25) is 0 Å². The van der Waals surface area contributed by atoms with E-state index in [0.29, 0.717) is 18.0 Å². The molecule has 0 amide bonds. The van der Waals surface area contributed by atoms with Crippen molar-refractivity contribution in [2.24, 2.45) is 0 Å². The summed E-state index contributed by atoms with van der Waals surface area (Å²) in [6, 6.07) is 9.46. The van der Waals surface area contributed by atoms with E-state index in [1.807, 2.05) is 37.4 Å². The van der Waals surface area contributed by atoms with E-state index < -0.39 is 0 Å². The summed E-state index contributed by atoms with van der Waals surface area (Å²) in [7, 11) is 1.92. The number of aromatic amines is 1. The summed E-state index contributed by atoms with van der Waals surface area (Å²) < 4.78 is 5.59. The van der Waals surface area contributed by atoms with E-state index in [1.54, 1.807) is 0 Å². The minimum atomic E-state index is 0.294. The molecule has 0 aliphatic heterocycles. The first-order valence-electron chi connectivity index (χ1n) is 6.04. The Hall–Kier alpha value is -2.39. The molecule has 0 fully saturated rings. The van der Waals surface area contributed by atoms with Gasteiger partial charge in [0.2, 0.25) is 0 Å². The number of aromatic nitrogens is 3. The van der Waals surface area contributed by atoms with Crippen molar-refractivity contribution in [1.29, 1.82) is 5.26 Å². The molecule has 1 aromatic heterocycles. The van der Waals surface area contributed by atoms with Crippen molar-refractivity contribution in [2.45, 2.75) is 6.42 Å². The average Bonchev–Trinajstić information content (AvgIpc) is 2.93. The standard InChI is InChI=1S/C13H15N5O/c1-15-7-2-8-19-11-5-3-10(4-6-11)13-12(9-14)16-18-17-13/h3-6,15H,2,7-8H2,1H3,(H,16,17,18). The van der Waals surface area contributed by atoms with Gasteiger partial charge in [0.1, 0.15) is 17.5 Å². The van der Waals surface area contributed by atoms with Crippen LogP contribution in [0.25, 0.3) is 11.3 Å². The molecule has 0 spiro atoms. The summed E-state index contributed by atoms with van der Waals surface area (Å²) in [5, 5.41) is 22.1. The lowest BCUT2D eigenvalue weighted by molar-refractivity contribution is 0.310. The van der Waals surface area contributed by atoms with Crippen molar-refractivity contribution < 1.29 is 4.74 Å². The lowest BCUT2D eigenvalue weighted by atomic mass is 10.1. The number of hydrogen-bond acceptors (Lipinski definition) is 5. The Morgan fingerprint density at radius 1 is 1.32 bits per heavy atom. The zero-order valence-electron chi connectivity index (χ0n) is 10.7. The van der Waals surface area contributed by atoms with E-state index >= 15 is 0 Å². The highest BCUT2D eigenvalue weighted by molar-refractivity contribution is 5.64. The lowest BCUT2D eigenvalue weighted by Gasteiger charge is -2.06. The average molecular weight is 257 g/mol. The van der Waals surface area contributed by atoms with E-state index in [2.05, 4.69) is 20.7 Å². The van der Waals surface area contributed by atoms with Crippen molar-refractivity contribution in [3.8, 4) is 23.1 Å². The van der Waals surface area contributed by atoms with Crippen molar-refractivity contribution >= 4 is 0 Å². The predicted molar refractivity (Wildman–Crippen MR) is 70.6 cm³/mol. The van der Waals surface area contributed by atoms with Gasteiger partial charge in [0.05, 0.1) is 6.61 Å². The molecule has 0 saturated heterocycles. The Kier molecular flexibility index (Phi) is 4.48. The zero-order valence-corrected chi connectivity index (χ0v) is 10.7. The maximum Gasteiger partial charge on any atom is 0.190 e. The molecule has 2 N–H and O–H groups in total. The molecular formula is C13H15N5O. The number of hydrogen-bond donors (Lipinski definition) is 2. The highest BCUT2D eigenvalue weighted by atomic mass is 16.5. The molecule has 6 heteroatoms. The maximum atomic E-state index is 8.89. The Balaban J connectivity index is 2.01. The Labute approximate surface area is 111 Å². The van der Waals surface area contributed by atoms with Crippen LogP contribution in [0.1, 0.15) is 12.1 Å². The number of ether oxygens (including phenoxy) is 1. The van der Waals surface area contributed by atoms with Gasteiger partial charge in [-0.1, -0.05) is 0 Å². The van der Waals surface area contributed by atoms with E-state index in [4.69, 9.17) is 10.00 Å². The molecular weight excluding hydrogens is 242 g/mol. The van der Waals surface area contributed by atoms with E-state index in [0.717, 1.165) is 24.3 Å². The predicted octanol–water partition coefficient (Wildman–Crippen LogP) is 1.33. The van der Waals surface area contributed by atoms with E-state index in [-0.39, 0.29) is 0 Å². The molecule has 2 aromatic rings. The first-order chi connectivity index (χ1) is 9.35. The summed E-state index contributed by atoms with van der Waals surface area (Å²) in [5.74, 6) is 0.807. The minimum absolute atomic E-state index is 0.294. The van der Waals surface area contributed by atoms with Crippen LogP contribution in [0.15, 0.2) is 24.3 Å². The van der Waals surface area contributed by atoms with Crippen LogP contribution in [0, 0.1) is 11.3 Å². The molecule has 1 heterocycles. The maximum absolute atomic E-state index is 8.89. The Morgan fingerprint density at radius 3 is 2.79 bits per heavy atom. The van der Waals surface area contributed by atoms with Crippen LogP contribution in [0.3, 0.4) is 0 Å². The van der Waals surface area contributed by atoms with Crippen LogP contribution in [-0.4, -0.2) is 35.6 Å². The summed E-state index contributed by atoms with van der Waals surface area (Å²) in [4.78, 5) is 0. The van der Waals surface area contributed by atoms with E-state index in [9.17, 15) is 0 Å². The van der Waals surface area contributed by atoms with Gasteiger partial charge in [-0.2, -0.15) is 15.6 Å². The molecule has 0 saturated carbocycles. The second-order valence-corrected chi connectivity index (χ2v) is 3.96. The van der Waals surface area contributed by atoms with Crippen LogP contribution >= 0.6 is 0 Å². The van der Waals surface area contributed by atoms with Crippen LogP contribution in [0.2, 0.25) is 0 Å². The molecule has 2 rings (SSSR count). The molecule has 0 aliphatic rings. The normalized spacial score (nSPS) is 10.1. The second-order valence-electron chi connectivity index (χ2n) is 3.96.